The van der Waals surface area contributed by atoms with Gasteiger partial charge >= 0.3 is 0 Å². The SMILES string of the molecule is CCNC1C(=O)c2ccccc2C(=O)C1=Nc1ccccc1. The van der Waals surface area contributed by atoms with Crippen molar-refractivity contribution in [3.8, 4) is 0 Å². The number of carbonyl (C=O) groups excluding carboxylic acids is 2. The second-order valence-electron chi connectivity index (χ2n) is 5.06. The van der Waals surface area contributed by atoms with Crippen LogP contribution in [0.25, 0.3) is 0 Å². The highest BCUT2D eigenvalue weighted by molar-refractivity contribution is 6.55. The number of hydrogen-bond acceptors (Lipinski definition) is 4. The van der Waals surface area contributed by atoms with Crippen LogP contribution in [-0.4, -0.2) is 29.9 Å². The monoisotopic (exact) mass is 292 g/mol. The van der Waals surface area contributed by atoms with Crippen molar-refractivity contribution in [2.75, 3.05) is 6.54 Å². The Kier molecular flexibility index (Phi) is 3.94. The number of Topliss-reactive ketones (excluding diaryl/α,β-unsaturated/α-hetero) is 2. The van der Waals surface area contributed by atoms with Gasteiger partial charge in [-0.1, -0.05) is 49.4 Å². The van der Waals surface area contributed by atoms with E-state index in [4.69, 9.17) is 0 Å². The van der Waals surface area contributed by atoms with Gasteiger partial charge in [-0.05, 0) is 18.7 Å². The fourth-order valence-electron chi connectivity index (χ4n) is 2.60. The summed E-state index contributed by atoms with van der Waals surface area (Å²) in [4.78, 5) is 29.8. The summed E-state index contributed by atoms with van der Waals surface area (Å²) in [7, 11) is 0. The molecule has 0 fully saturated rings. The van der Waals surface area contributed by atoms with Crippen molar-refractivity contribution in [3.63, 3.8) is 0 Å². The first-order valence-corrected chi connectivity index (χ1v) is 7.27. The summed E-state index contributed by atoms with van der Waals surface area (Å²) in [6.45, 7) is 2.48. The highest BCUT2D eigenvalue weighted by atomic mass is 16.1. The first-order valence-electron chi connectivity index (χ1n) is 7.27. The first kappa shape index (κ1) is 14.4. The fourth-order valence-corrected chi connectivity index (χ4v) is 2.60. The molecular formula is C18H16N2O2. The summed E-state index contributed by atoms with van der Waals surface area (Å²) in [5, 5.41) is 3.07. The predicted molar refractivity (Wildman–Crippen MR) is 86.1 cm³/mol. The number of likely N-dealkylation sites (N-methyl/N-ethyl adjacent to an activating group) is 1. The van der Waals surface area contributed by atoms with Gasteiger partial charge in [0, 0.05) is 11.1 Å². The zero-order valence-corrected chi connectivity index (χ0v) is 12.2. The number of ketones is 2. The summed E-state index contributed by atoms with van der Waals surface area (Å²) >= 11 is 0. The number of fused-ring (bicyclic) bond motifs is 1. The van der Waals surface area contributed by atoms with E-state index in [2.05, 4.69) is 10.3 Å². The van der Waals surface area contributed by atoms with Gasteiger partial charge in [0.1, 0.15) is 11.8 Å². The molecule has 0 heterocycles. The van der Waals surface area contributed by atoms with E-state index in [1.54, 1.807) is 24.3 Å². The van der Waals surface area contributed by atoms with E-state index in [1.165, 1.54) is 0 Å². The molecule has 0 amide bonds. The van der Waals surface area contributed by atoms with Gasteiger partial charge in [0.15, 0.2) is 5.78 Å². The average molecular weight is 292 g/mol. The number of rotatable bonds is 3. The van der Waals surface area contributed by atoms with Gasteiger partial charge in [-0.3, -0.25) is 9.59 Å². The minimum atomic E-state index is -0.687. The summed E-state index contributed by atoms with van der Waals surface area (Å²) in [6, 6.07) is 15.4. The number of aliphatic imine (C=N–C) groups is 1. The van der Waals surface area contributed by atoms with Crippen LogP contribution in [0.15, 0.2) is 59.6 Å². The third-order valence-electron chi connectivity index (χ3n) is 3.62. The van der Waals surface area contributed by atoms with E-state index in [-0.39, 0.29) is 17.3 Å². The Labute approximate surface area is 128 Å². The molecule has 1 atom stereocenters. The van der Waals surface area contributed by atoms with Crippen LogP contribution < -0.4 is 5.32 Å². The van der Waals surface area contributed by atoms with E-state index in [0.717, 1.165) is 0 Å². The smallest absolute Gasteiger partial charge is 0.210 e. The minimum absolute atomic E-state index is 0.105. The Hall–Kier alpha value is -2.59. The van der Waals surface area contributed by atoms with Gasteiger partial charge in [-0.2, -0.15) is 0 Å². The second kappa shape index (κ2) is 6.03. The lowest BCUT2D eigenvalue weighted by molar-refractivity contribution is 0.0937. The van der Waals surface area contributed by atoms with Gasteiger partial charge in [-0.15, -0.1) is 0 Å². The van der Waals surface area contributed by atoms with Gasteiger partial charge in [0.05, 0.1) is 5.69 Å². The lowest BCUT2D eigenvalue weighted by Gasteiger charge is -2.24. The van der Waals surface area contributed by atoms with E-state index in [1.807, 2.05) is 37.3 Å². The third kappa shape index (κ3) is 2.49. The molecule has 4 heteroatoms. The van der Waals surface area contributed by atoms with Gasteiger partial charge < -0.3 is 5.32 Å². The zero-order valence-electron chi connectivity index (χ0n) is 12.2. The summed E-state index contributed by atoms with van der Waals surface area (Å²) in [5.41, 5.74) is 1.82. The molecule has 4 nitrogen and oxygen atoms in total. The third-order valence-corrected chi connectivity index (χ3v) is 3.62. The van der Waals surface area contributed by atoms with Crippen molar-refractivity contribution in [1.29, 1.82) is 0 Å². The van der Waals surface area contributed by atoms with Gasteiger partial charge in [0.25, 0.3) is 0 Å². The molecule has 0 aliphatic heterocycles. The van der Waals surface area contributed by atoms with E-state index < -0.39 is 6.04 Å². The average Bonchev–Trinajstić information content (AvgIpc) is 2.57. The molecule has 0 bridgehead atoms. The van der Waals surface area contributed by atoms with E-state index >= 15 is 0 Å². The highest BCUT2D eigenvalue weighted by Crippen LogP contribution is 2.22. The molecule has 1 unspecified atom stereocenters. The molecule has 1 N–H and O–H groups in total. The van der Waals surface area contributed by atoms with Crippen LogP contribution in [0, 0.1) is 0 Å². The number of benzene rings is 2. The van der Waals surface area contributed by atoms with Crippen LogP contribution in [0.4, 0.5) is 5.69 Å². The van der Waals surface area contributed by atoms with Crippen molar-refractivity contribution in [2.45, 2.75) is 13.0 Å². The van der Waals surface area contributed by atoms with Crippen LogP contribution in [0.2, 0.25) is 0 Å². The quantitative estimate of drug-likeness (QED) is 0.946. The summed E-state index contributed by atoms with van der Waals surface area (Å²) in [5.74, 6) is -0.295. The molecular weight excluding hydrogens is 276 g/mol. The molecule has 0 radical (unpaired) electrons. The lowest BCUT2D eigenvalue weighted by atomic mass is 9.84. The van der Waals surface area contributed by atoms with Crippen LogP contribution in [0.1, 0.15) is 27.6 Å². The van der Waals surface area contributed by atoms with Crippen molar-refractivity contribution in [2.24, 2.45) is 4.99 Å². The van der Waals surface area contributed by atoms with Gasteiger partial charge in [0.2, 0.25) is 5.78 Å². The summed E-state index contributed by atoms with van der Waals surface area (Å²) < 4.78 is 0. The number of hydrogen-bond donors (Lipinski definition) is 1. The molecule has 0 saturated carbocycles. The van der Waals surface area contributed by atoms with Crippen LogP contribution in [-0.2, 0) is 0 Å². The lowest BCUT2D eigenvalue weighted by Crippen LogP contribution is -2.50. The Morgan fingerprint density at radius 1 is 0.955 bits per heavy atom. The number of para-hydroxylation sites is 1. The number of nitrogens with zero attached hydrogens (tertiary/aromatic N) is 1. The molecule has 0 aromatic heterocycles. The topological polar surface area (TPSA) is 58.5 Å². The number of nitrogens with one attached hydrogen (secondary N) is 1. The Morgan fingerprint density at radius 2 is 1.59 bits per heavy atom. The second-order valence-corrected chi connectivity index (χ2v) is 5.06. The maximum Gasteiger partial charge on any atom is 0.210 e. The Bertz CT molecular complexity index is 751. The van der Waals surface area contributed by atoms with Crippen molar-refractivity contribution in [3.05, 3.63) is 65.7 Å². The molecule has 110 valence electrons. The molecule has 0 saturated heterocycles. The predicted octanol–water partition coefficient (Wildman–Crippen LogP) is 2.82. The Morgan fingerprint density at radius 3 is 2.27 bits per heavy atom. The van der Waals surface area contributed by atoms with E-state index in [0.29, 0.717) is 23.4 Å². The Balaban J connectivity index is 2.13. The van der Waals surface area contributed by atoms with Crippen molar-refractivity contribution >= 4 is 23.0 Å². The maximum atomic E-state index is 12.7. The molecule has 2 aromatic rings. The maximum absolute atomic E-state index is 12.7. The molecule has 1 aliphatic carbocycles. The van der Waals surface area contributed by atoms with Crippen LogP contribution in [0.3, 0.4) is 0 Å². The molecule has 22 heavy (non-hydrogen) atoms. The zero-order chi connectivity index (χ0) is 15.5. The standard InChI is InChI=1S/C18H16N2O2/c1-2-19-15-16(20-12-8-4-3-5-9-12)18(22)14-11-7-6-10-13(14)17(15)21/h3-11,15,19H,2H2,1H3. The summed E-state index contributed by atoms with van der Waals surface area (Å²) in [6.07, 6.45) is 0. The van der Waals surface area contributed by atoms with Crippen molar-refractivity contribution in [1.82, 2.24) is 5.32 Å². The van der Waals surface area contributed by atoms with Crippen LogP contribution >= 0.6 is 0 Å². The van der Waals surface area contributed by atoms with Gasteiger partial charge in [-0.25, -0.2) is 4.99 Å². The fraction of sp³-hybridized carbons (Fsp3) is 0.167. The highest BCUT2D eigenvalue weighted by Gasteiger charge is 2.37. The largest absolute Gasteiger partial charge is 0.302 e. The van der Waals surface area contributed by atoms with E-state index in [9.17, 15) is 9.59 Å². The molecule has 3 rings (SSSR count). The molecule has 2 aromatic carbocycles. The van der Waals surface area contributed by atoms with Crippen LogP contribution in [0.5, 0.6) is 0 Å². The van der Waals surface area contributed by atoms with Crippen molar-refractivity contribution < 1.29 is 9.59 Å². The number of carbonyl (C=O) groups is 2. The minimum Gasteiger partial charge on any atom is -0.302 e. The normalized spacial score (nSPS) is 19.3. The molecule has 0 spiro atoms. The molecule has 1 aliphatic rings. The first-order chi connectivity index (χ1) is 10.7.